The second-order valence-electron chi connectivity index (χ2n) is 5.54. The van der Waals surface area contributed by atoms with Crippen LogP contribution in [0.25, 0.3) is 0 Å². The topological polar surface area (TPSA) is 46.8 Å². The fourth-order valence-electron chi connectivity index (χ4n) is 3.03. The molecule has 0 aromatic carbocycles. The van der Waals surface area contributed by atoms with E-state index in [1.165, 1.54) is 32.1 Å². The van der Waals surface area contributed by atoms with E-state index in [9.17, 15) is 0 Å². The van der Waals surface area contributed by atoms with Crippen LogP contribution in [0.3, 0.4) is 0 Å². The number of rotatable bonds is 6. The lowest BCUT2D eigenvalue weighted by atomic mass is 9.94. The van der Waals surface area contributed by atoms with Crippen LogP contribution in [0.4, 0.5) is 0 Å². The fraction of sp³-hybridized carbons (Fsp3) is 0.857. The van der Waals surface area contributed by atoms with E-state index in [-0.39, 0.29) is 0 Å². The summed E-state index contributed by atoms with van der Waals surface area (Å²) in [5.41, 5.74) is 0. The molecule has 0 radical (unpaired) electrons. The van der Waals surface area contributed by atoms with Crippen molar-refractivity contribution < 1.29 is 0 Å². The van der Waals surface area contributed by atoms with Crippen LogP contribution in [0.15, 0.2) is 0 Å². The van der Waals surface area contributed by atoms with Crippen molar-refractivity contribution >= 4 is 17.2 Å². The standard InChI is InChI=1S/C14H25N5S/c1-3-19(12-8-5-4-6-9-12)14(20)11-7-10-13-15-16-17-18(13)2/h12H,3-11H2,1-2H3. The number of tetrazole rings is 1. The van der Waals surface area contributed by atoms with E-state index in [1.807, 2.05) is 7.05 Å². The first kappa shape index (κ1) is 15.4. The van der Waals surface area contributed by atoms with Gasteiger partial charge in [0.15, 0.2) is 5.82 Å². The summed E-state index contributed by atoms with van der Waals surface area (Å²) in [6.07, 6.45) is 9.60. The molecule has 0 spiro atoms. The van der Waals surface area contributed by atoms with E-state index in [1.54, 1.807) is 4.68 Å². The maximum atomic E-state index is 5.65. The zero-order valence-corrected chi connectivity index (χ0v) is 13.4. The van der Waals surface area contributed by atoms with Gasteiger partial charge in [0.2, 0.25) is 0 Å². The van der Waals surface area contributed by atoms with Gasteiger partial charge in [0, 0.05) is 26.1 Å². The molecule has 1 fully saturated rings. The number of hydrogen-bond acceptors (Lipinski definition) is 4. The first-order chi connectivity index (χ1) is 9.72. The highest BCUT2D eigenvalue weighted by molar-refractivity contribution is 7.80. The van der Waals surface area contributed by atoms with Crippen molar-refractivity contribution in [2.75, 3.05) is 6.54 Å². The minimum absolute atomic E-state index is 0.678. The molecular weight excluding hydrogens is 270 g/mol. The predicted molar refractivity (Wildman–Crippen MR) is 83.6 cm³/mol. The van der Waals surface area contributed by atoms with Gasteiger partial charge < -0.3 is 4.90 Å². The van der Waals surface area contributed by atoms with E-state index >= 15 is 0 Å². The van der Waals surface area contributed by atoms with Crippen LogP contribution in [0.2, 0.25) is 0 Å². The summed E-state index contributed by atoms with van der Waals surface area (Å²) < 4.78 is 1.74. The van der Waals surface area contributed by atoms with Crippen LogP contribution in [-0.2, 0) is 13.5 Å². The Bertz CT molecular complexity index is 425. The molecular formula is C14H25N5S. The smallest absolute Gasteiger partial charge is 0.150 e. The highest BCUT2D eigenvalue weighted by atomic mass is 32.1. The van der Waals surface area contributed by atoms with E-state index in [0.717, 1.165) is 36.6 Å². The van der Waals surface area contributed by atoms with E-state index < -0.39 is 0 Å². The maximum Gasteiger partial charge on any atom is 0.150 e. The minimum Gasteiger partial charge on any atom is -0.363 e. The average molecular weight is 295 g/mol. The lowest BCUT2D eigenvalue weighted by molar-refractivity contribution is 0.251. The third-order valence-corrected chi connectivity index (χ3v) is 4.61. The Morgan fingerprint density at radius 1 is 1.35 bits per heavy atom. The molecule has 0 atom stereocenters. The summed E-state index contributed by atoms with van der Waals surface area (Å²) in [4.78, 5) is 3.57. The average Bonchev–Trinajstić information content (AvgIpc) is 2.86. The normalized spacial score (nSPS) is 16.3. The molecule has 20 heavy (non-hydrogen) atoms. The van der Waals surface area contributed by atoms with Gasteiger partial charge in [-0.3, -0.25) is 0 Å². The first-order valence-corrected chi connectivity index (χ1v) is 8.14. The number of hydrogen-bond donors (Lipinski definition) is 0. The first-order valence-electron chi connectivity index (χ1n) is 7.73. The Labute approximate surface area is 126 Å². The molecule has 1 saturated carbocycles. The number of aromatic nitrogens is 4. The zero-order valence-electron chi connectivity index (χ0n) is 12.6. The molecule has 1 aliphatic rings. The molecule has 0 N–H and O–H groups in total. The van der Waals surface area contributed by atoms with Crippen LogP contribution < -0.4 is 0 Å². The van der Waals surface area contributed by atoms with Crippen molar-refractivity contribution in [2.24, 2.45) is 7.05 Å². The van der Waals surface area contributed by atoms with Gasteiger partial charge in [0.25, 0.3) is 0 Å². The molecule has 1 heterocycles. The van der Waals surface area contributed by atoms with Gasteiger partial charge in [0.1, 0.15) is 0 Å². The summed E-state index contributed by atoms with van der Waals surface area (Å²) >= 11 is 5.65. The Morgan fingerprint density at radius 3 is 2.70 bits per heavy atom. The van der Waals surface area contributed by atoms with Crippen LogP contribution in [-0.4, -0.2) is 42.7 Å². The largest absolute Gasteiger partial charge is 0.363 e. The van der Waals surface area contributed by atoms with Crippen LogP contribution in [0.1, 0.15) is 57.7 Å². The van der Waals surface area contributed by atoms with Gasteiger partial charge in [-0.1, -0.05) is 31.5 Å². The molecule has 112 valence electrons. The number of thiocarbonyl (C=S) groups is 1. The van der Waals surface area contributed by atoms with Crippen LogP contribution in [0.5, 0.6) is 0 Å². The lowest BCUT2D eigenvalue weighted by Gasteiger charge is -2.35. The van der Waals surface area contributed by atoms with Crippen molar-refractivity contribution in [1.82, 2.24) is 25.1 Å². The Hall–Kier alpha value is -1.04. The summed E-state index contributed by atoms with van der Waals surface area (Å²) in [5, 5.41) is 11.5. The van der Waals surface area contributed by atoms with Gasteiger partial charge >= 0.3 is 0 Å². The van der Waals surface area contributed by atoms with Crippen molar-refractivity contribution in [3.8, 4) is 0 Å². The Kier molecular flexibility index (Phi) is 5.88. The van der Waals surface area contributed by atoms with Gasteiger partial charge in [-0.2, -0.15) is 0 Å². The molecule has 6 heteroatoms. The molecule has 0 aliphatic heterocycles. The number of nitrogens with zero attached hydrogens (tertiary/aromatic N) is 5. The Balaban J connectivity index is 1.78. The van der Waals surface area contributed by atoms with Crippen LogP contribution >= 0.6 is 12.2 Å². The number of aryl methyl sites for hydroxylation is 2. The lowest BCUT2D eigenvalue weighted by Crippen LogP contribution is -2.40. The Morgan fingerprint density at radius 2 is 2.10 bits per heavy atom. The second kappa shape index (κ2) is 7.67. The monoisotopic (exact) mass is 295 g/mol. The SMILES string of the molecule is CCN(C(=S)CCCc1nnnn1C)C1CCCCC1. The second-order valence-corrected chi connectivity index (χ2v) is 6.02. The van der Waals surface area contributed by atoms with E-state index in [4.69, 9.17) is 12.2 Å². The van der Waals surface area contributed by atoms with Gasteiger partial charge in [-0.25, -0.2) is 4.68 Å². The van der Waals surface area contributed by atoms with Crippen LogP contribution in [0, 0.1) is 0 Å². The molecule has 1 aromatic heterocycles. The van der Waals surface area contributed by atoms with Gasteiger partial charge in [0.05, 0.1) is 4.99 Å². The fourth-order valence-corrected chi connectivity index (χ4v) is 3.45. The zero-order chi connectivity index (χ0) is 14.4. The summed E-state index contributed by atoms with van der Waals surface area (Å²) in [6.45, 7) is 3.25. The molecule has 2 rings (SSSR count). The predicted octanol–water partition coefficient (Wildman–Crippen LogP) is 2.51. The summed E-state index contributed by atoms with van der Waals surface area (Å²) in [6, 6.07) is 0.678. The van der Waals surface area contributed by atoms with Gasteiger partial charge in [-0.05, 0) is 43.0 Å². The molecule has 0 unspecified atom stereocenters. The summed E-state index contributed by atoms with van der Waals surface area (Å²) in [5.74, 6) is 0.938. The quantitative estimate of drug-likeness (QED) is 0.755. The molecule has 1 aromatic rings. The van der Waals surface area contributed by atoms with Gasteiger partial charge in [-0.15, -0.1) is 5.10 Å². The third-order valence-electron chi connectivity index (χ3n) is 4.18. The van der Waals surface area contributed by atoms with Crippen molar-refractivity contribution in [3.05, 3.63) is 5.82 Å². The maximum absolute atomic E-state index is 5.65. The third kappa shape index (κ3) is 3.98. The molecule has 0 amide bonds. The van der Waals surface area contributed by atoms with Crippen molar-refractivity contribution in [3.63, 3.8) is 0 Å². The van der Waals surface area contributed by atoms with E-state index in [0.29, 0.717) is 6.04 Å². The summed E-state index contributed by atoms with van der Waals surface area (Å²) in [7, 11) is 1.88. The highest BCUT2D eigenvalue weighted by Gasteiger charge is 2.21. The molecule has 5 nitrogen and oxygen atoms in total. The van der Waals surface area contributed by atoms with Crippen molar-refractivity contribution in [2.45, 2.75) is 64.3 Å². The van der Waals surface area contributed by atoms with E-state index in [2.05, 4.69) is 27.3 Å². The molecule has 1 aliphatic carbocycles. The van der Waals surface area contributed by atoms with Crippen molar-refractivity contribution in [1.29, 1.82) is 0 Å². The minimum atomic E-state index is 0.678. The molecule has 0 saturated heterocycles. The highest BCUT2D eigenvalue weighted by Crippen LogP contribution is 2.23. The molecule has 0 bridgehead atoms.